The summed E-state index contributed by atoms with van der Waals surface area (Å²) in [4.78, 5) is 12.5. The highest BCUT2D eigenvalue weighted by Crippen LogP contribution is 2.53. The molecular formula is C18H21F2NO2. The molecular weight excluding hydrogens is 300 g/mol. The van der Waals surface area contributed by atoms with E-state index < -0.39 is 11.6 Å². The molecule has 5 heteroatoms. The van der Waals surface area contributed by atoms with Gasteiger partial charge in [-0.05, 0) is 30.4 Å². The first-order valence-electron chi connectivity index (χ1n) is 8.27. The molecule has 4 rings (SSSR count). The molecule has 2 aliphatic carbocycles. The molecule has 0 aromatic heterocycles. The van der Waals surface area contributed by atoms with E-state index in [1.165, 1.54) is 6.07 Å². The van der Waals surface area contributed by atoms with Crippen LogP contribution in [0.2, 0.25) is 0 Å². The summed E-state index contributed by atoms with van der Waals surface area (Å²) in [6, 6.07) is 4.29. The Bertz CT molecular complexity index is 660. The Labute approximate surface area is 134 Å². The van der Waals surface area contributed by atoms with Crippen LogP contribution in [0.4, 0.5) is 8.78 Å². The largest absolute Gasteiger partial charge is 0.377 e. The van der Waals surface area contributed by atoms with Crippen molar-refractivity contribution in [1.29, 1.82) is 0 Å². The molecule has 2 saturated carbocycles. The molecule has 0 radical (unpaired) electrons. The van der Waals surface area contributed by atoms with E-state index in [9.17, 15) is 13.6 Å². The standard InChI is InChI=1S/C18H21F2NO2/c1-18(2)15(10-6-7-23-16(10)18)21-17(22)12-8-11(12)9-4-3-5-13(19)14(9)20/h3-5,10-12,15-16H,6-8H2,1-2H3,(H,21,22). The predicted octanol–water partition coefficient (Wildman–Crippen LogP) is 3.00. The molecule has 124 valence electrons. The molecule has 3 aliphatic rings. The number of carbonyl (C=O) groups excluding carboxylic acids is 1. The Morgan fingerprint density at radius 2 is 2.13 bits per heavy atom. The first-order valence-corrected chi connectivity index (χ1v) is 8.27. The molecule has 1 aromatic rings. The number of hydrogen-bond acceptors (Lipinski definition) is 2. The van der Waals surface area contributed by atoms with Crippen LogP contribution in [0.5, 0.6) is 0 Å². The normalized spacial score (nSPS) is 37.0. The maximum atomic E-state index is 13.8. The van der Waals surface area contributed by atoms with E-state index in [0.717, 1.165) is 19.1 Å². The number of halogens is 2. The summed E-state index contributed by atoms with van der Waals surface area (Å²) in [5, 5.41) is 3.14. The van der Waals surface area contributed by atoms with E-state index in [2.05, 4.69) is 19.2 Å². The Morgan fingerprint density at radius 3 is 2.91 bits per heavy atom. The lowest BCUT2D eigenvalue weighted by Crippen LogP contribution is -2.66. The van der Waals surface area contributed by atoms with E-state index in [-0.39, 0.29) is 35.3 Å². The predicted molar refractivity (Wildman–Crippen MR) is 80.8 cm³/mol. The van der Waals surface area contributed by atoms with Gasteiger partial charge >= 0.3 is 0 Å². The van der Waals surface area contributed by atoms with Gasteiger partial charge in [0.2, 0.25) is 5.91 Å². The molecule has 23 heavy (non-hydrogen) atoms. The van der Waals surface area contributed by atoms with Gasteiger partial charge in [0.25, 0.3) is 0 Å². The van der Waals surface area contributed by atoms with Crippen molar-refractivity contribution in [2.75, 3.05) is 6.61 Å². The van der Waals surface area contributed by atoms with Crippen LogP contribution in [0.15, 0.2) is 18.2 Å². The van der Waals surface area contributed by atoms with E-state index in [1.807, 2.05) is 0 Å². The fraction of sp³-hybridized carbons (Fsp3) is 0.611. The Morgan fingerprint density at radius 1 is 1.35 bits per heavy atom. The number of rotatable bonds is 3. The minimum absolute atomic E-state index is 0.0397. The zero-order chi connectivity index (χ0) is 16.4. The Balaban J connectivity index is 1.43. The van der Waals surface area contributed by atoms with Crippen LogP contribution in [0.1, 0.15) is 38.2 Å². The van der Waals surface area contributed by atoms with Crippen molar-refractivity contribution in [3.05, 3.63) is 35.4 Å². The Hall–Kier alpha value is -1.49. The monoisotopic (exact) mass is 321 g/mol. The van der Waals surface area contributed by atoms with Gasteiger partial charge in [-0.25, -0.2) is 8.78 Å². The summed E-state index contributed by atoms with van der Waals surface area (Å²) in [6.45, 7) is 4.98. The van der Waals surface area contributed by atoms with Crippen LogP contribution in [-0.4, -0.2) is 24.7 Å². The first-order chi connectivity index (χ1) is 10.9. The average Bonchev–Trinajstić information content (AvgIpc) is 3.17. The highest BCUT2D eigenvalue weighted by molar-refractivity contribution is 5.83. The van der Waals surface area contributed by atoms with Gasteiger partial charge in [0.1, 0.15) is 0 Å². The smallest absolute Gasteiger partial charge is 0.223 e. The lowest BCUT2D eigenvalue weighted by Gasteiger charge is -2.54. The quantitative estimate of drug-likeness (QED) is 0.929. The van der Waals surface area contributed by atoms with E-state index in [4.69, 9.17) is 4.74 Å². The molecule has 1 amide bonds. The summed E-state index contributed by atoms with van der Waals surface area (Å²) >= 11 is 0. The van der Waals surface area contributed by atoms with Crippen molar-refractivity contribution in [2.45, 2.75) is 44.8 Å². The molecule has 5 atom stereocenters. The molecule has 5 unspecified atom stereocenters. The second-order valence-corrected chi connectivity index (χ2v) is 7.64. The lowest BCUT2D eigenvalue weighted by atomic mass is 9.57. The van der Waals surface area contributed by atoms with Crippen molar-refractivity contribution in [2.24, 2.45) is 17.3 Å². The van der Waals surface area contributed by atoms with Gasteiger partial charge in [-0.1, -0.05) is 26.0 Å². The summed E-state index contributed by atoms with van der Waals surface area (Å²) in [5.74, 6) is -1.77. The van der Waals surface area contributed by atoms with Crippen LogP contribution in [0.3, 0.4) is 0 Å². The zero-order valence-corrected chi connectivity index (χ0v) is 13.3. The fourth-order valence-corrected chi connectivity index (χ4v) is 4.51. The van der Waals surface area contributed by atoms with Crippen LogP contribution < -0.4 is 5.32 Å². The SMILES string of the molecule is CC1(C)C(NC(=O)C2CC2c2cccc(F)c2F)C2CCOC21. The summed E-state index contributed by atoms with van der Waals surface area (Å²) in [5.41, 5.74) is 0.255. The molecule has 3 fully saturated rings. The number of amides is 1. The molecule has 0 bridgehead atoms. The molecule has 1 N–H and O–H groups in total. The minimum atomic E-state index is -0.848. The van der Waals surface area contributed by atoms with Crippen LogP contribution in [0, 0.1) is 28.9 Å². The third kappa shape index (κ3) is 2.20. The van der Waals surface area contributed by atoms with Crippen molar-refractivity contribution < 1.29 is 18.3 Å². The molecule has 1 aliphatic heterocycles. The van der Waals surface area contributed by atoms with Gasteiger partial charge in [0.15, 0.2) is 11.6 Å². The maximum absolute atomic E-state index is 13.8. The molecule has 0 spiro atoms. The summed E-state index contributed by atoms with van der Waals surface area (Å²) < 4.78 is 32.9. The summed E-state index contributed by atoms with van der Waals surface area (Å²) in [6.07, 6.45) is 1.79. The van der Waals surface area contributed by atoms with Gasteiger partial charge in [-0.2, -0.15) is 0 Å². The average molecular weight is 321 g/mol. The van der Waals surface area contributed by atoms with Crippen molar-refractivity contribution >= 4 is 5.91 Å². The molecule has 1 saturated heterocycles. The van der Waals surface area contributed by atoms with Gasteiger partial charge in [-0.3, -0.25) is 4.79 Å². The van der Waals surface area contributed by atoms with Gasteiger partial charge in [0, 0.05) is 29.9 Å². The van der Waals surface area contributed by atoms with Crippen LogP contribution in [0.25, 0.3) is 0 Å². The van der Waals surface area contributed by atoms with Gasteiger partial charge in [-0.15, -0.1) is 0 Å². The van der Waals surface area contributed by atoms with E-state index in [0.29, 0.717) is 17.9 Å². The second-order valence-electron chi connectivity index (χ2n) is 7.64. The van der Waals surface area contributed by atoms with Crippen molar-refractivity contribution in [3.63, 3.8) is 0 Å². The third-order valence-corrected chi connectivity index (χ3v) is 5.91. The fourth-order valence-electron chi connectivity index (χ4n) is 4.51. The summed E-state index contributed by atoms with van der Waals surface area (Å²) in [7, 11) is 0. The highest BCUT2D eigenvalue weighted by Gasteiger charge is 2.60. The van der Waals surface area contributed by atoms with Crippen molar-refractivity contribution in [3.8, 4) is 0 Å². The van der Waals surface area contributed by atoms with Gasteiger partial charge in [0.05, 0.1) is 6.10 Å². The minimum Gasteiger partial charge on any atom is -0.377 e. The number of ether oxygens (including phenoxy) is 1. The number of carbonyl (C=O) groups is 1. The number of benzene rings is 1. The number of nitrogens with one attached hydrogen (secondary N) is 1. The second kappa shape index (κ2) is 5.00. The molecule has 1 heterocycles. The van der Waals surface area contributed by atoms with Crippen LogP contribution in [-0.2, 0) is 9.53 Å². The highest BCUT2D eigenvalue weighted by atomic mass is 19.2. The third-order valence-electron chi connectivity index (χ3n) is 5.91. The molecule has 3 nitrogen and oxygen atoms in total. The maximum Gasteiger partial charge on any atom is 0.223 e. The van der Waals surface area contributed by atoms with Crippen LogP contribution >= 0.6 is 0 Å². The number of hydrogen-bond donors (Lipinski definition) is 1. The topological polar surface area (TPSA) is 38.3 Å². The first kappa shape index (κ1) is 15.1. The molecule has 1 aromatic carbocycles. The Kier molecular flexibility index (Phi) is 3.28. The van der Waals surface area contributed by atoms with E-state index >= 15 is 0 Å². The van der Waals surface area contributed by atoms with Gasteiger partial charge < -0.3 is 10.1 Å². The number of fused-ring (bicyclic) bond motifs is 1. The lowest BCUT2D eigenvalue weighted by molar-refractivity contribution is -0.138. The van der Waals surface area contributed by atoms with E-state index in [1.54, 1.807) is 6.07 Å². The van der Waals surface area contributed by atoms with Crippen molar-refractivity contribution in [1.82, 2.24) is 5.32 Å². The zero-order valence-electron chi connectivity index (χ0n) is 13.3.